The molecular formula is C34H33F2N3O8S2. The zero-order valence-electron chi connectivity index (χ0n) is 26.8. The van der Waals surface area contributed by atoms with Crippen LogP contribution in [0.4, 0.5) is 14.5 Å². The number of ether oxygens (including phenoxy) is 2. The fourth-order valence-corrected chi connectivity index (χ4v) is 6.78. The number of rotatable bonds is 13. The molecule has 0 amide bonds. The minimum absolute atomic E-state index is 0.00930. The highest BCUT2D eigenvalue weighted by Gasteiger charge is 2.25. The van der Waals surface area contributed by atoms with Gasteiger partial charge in [-0.15, -0.1) is 0 Å². The maximum absolute atomic E-state index is 14.8. The Morgan fingerprint density at radius 3 is 2.31 bits per heavy atom. The normalized spacial score (nSPS) is 11.6. The Kier molecular flexibility index (Phi) is 10.5. The number of carbonyl (C=O) groups excluding carboxylic acids is 1. The Morgan fingerprint density at radius 1 is 0.939 bits per heavy atom. The van der Waals surface area contributed by atoms with Crippen LogP contribution < -0.4 is 14.6 Å². The van der Waals surface area contributed by atoms with Gasteiger partial charge in [-0.05, 0) is 48.9 Å². The summed E-state index contributed by atoms with van der Waals surface area (Å²) in [5, 5.41) is 0.273. The summed E-state index contributed by atoms with van der Waals surface area (Å²) >= 11 is 0. The maximum atomic E-state index is 14.8. The van der Waals surface area contributed by atoms with Crippen LogP contribution in [-0.2, 0) is 39.1 Å². The van der Waals surface area contributed by atoms with Gasteiger partial charge in [0.15, 0.2) is 21.4 Å². The van der Waals surface area contributed by atoms with Crippen LogP contribution in [0.2, 0.25) is 0 Å². The molecule has 0 N–H and O–H groups in total. The summed E-state index contributed by atoms with van der Waals surface area (Å²) in [4.78, 5) is 27.0. The zero-order chi connectivity index (χ0) is 35.5. The van der Waals surface area contributed by atoms with Crippen molar-refractivity contribution in [1.82, 2.24) is 9.13 Å². The number of thiol groups is 1. The third-order valence-corrected chi connectivity index (χ3v) is 10.3. The van der Waals surface area contributed by atoms with Gasteiger partial charge in [0.2, 0.25) is 10.9 Å². The molecule has 0 fully saturated rings. The number of carbonyl (C=O) groups is 1. The Hall–Kier alpha value is -5.02. The molecule has 5 aromatic rings. The summed E-state index contributed by atoms with van der Waals surface area (Å²) in [6.07, 6.45) is 1.46. The van der Waals surface area contributed by atoms with Crippen molar-refractivity contribution < 1.29 is 39.9 Å². The van der Waals surface area contributed by atoms with E-state index in [4.69, 9.17) is 9.47 Å². The van der Waals surface area contributed by atoms with Gasteiger partial charge in [0.05, 0.1) is 18.0 Å². The predicted molar refractivity (Wildman–Crippen MR) is 183 cm³/mol. The molecule has 3 aromatic carbocycles. The molecule has 0 saturated carbocycles. The topological polar surface area (TPSA) is 134 Å². The van der Waals surface area contributed by atoms with Gasteiger partial charge in [-0.3, -0.25) is 9.10 Å². The molecule has 0 spiro atoms. The lowest BCUT2D eigenvalue weighted by Crippen LogP contribution is -2.28. The molecule has 49 heavy (non-hydrogen) atoms. The van der Waals surface area contributed by atoms with E-state index in [1.165, 1.54) is 53.6 Å². The second-order valence-corrected chi connectivity index (χ2v) is 14.4. The number of hydrogen-bond donors (Lipinski definition) is 1. The number of sulfone groups is 1. The largest absolute Gasteiger partial charge is 0.461 e. The molecule has 15 heteroatoms. The van der Waals surface area contributed by atoms with E-state index < -0.39 is 49.6 Å². The van der Waals surface area contributed by atoms with Crippen molar-refractivity contribution in [3.8, 4) is 22.6 Å². The fourth-order valence-electron chi connectivity index (χ4n) is 5.32. The second kappa shape index (κ2) is 14.6. The Bertz CT molecular complexity index is 2280. The highest BCUT2D eigenvalue weighted by atomic mass is 32.2. The average Bonchev–Trinajstić information content (AvgIpc) is 3.44. The van der Waals surface area contributed by atoms with E-state index in [1.807, 2.05) is 30.3 Å². The second-order valence-electron chi connectivity index (χ2n) is 11.0. The van der Waals surface area contributed by atoms with Crippen LogP contribution in [0, 0.1) is 11.6 Å². The standard InChI is InChI=1S/C34H33F2N3O8S2/c1-4-46-34(41)29-19-26-27(21-37(3)33(40)32(26)38(29)20-22-9-7-6-8-10-22)25-18-24(39(48(42)43)15-16-49(44,45)5-2)12-14-30(25)47-31-13-11-23(35)17-28(31)36/h6-14,17-19,21,48H,4-5,15-16,20H2,1-3H3. The lowest BCUT2D eigenvalue weighted by molar-refractivity contribution is 0.0515. The predicted octanol–water partition coefficient (Wildman–Crippen LogP) is 5.07. The minimum atomic E-state index is -3.55. The van der Waals surface area contributed by atoms with Crippen LogP contribution >= 0.6 is 0 Å². The molecule has 0 bridgehead atoms. The Morgan fingerprint density at radius 2 is 1.65 bits per heavy atom. The highest BCUT2D eigenvalue weighted by Crippen LogP contribution is 2.40. The fraction of sp³-hybridized carbons (Fsp3) is 0.235. The highest BCUT2D eigenvalue weighted by molar-refractivity contribution is 7.91. The molecule has 0 saturated heterocycles. The molecule has 2 aromatic heterocycles. The van der Waals surface area contributed by atoms with E-state index in [-0.39, 0.29) is 70.4 Å². The number of aryl methyl sites for hydroxylation is 1. The van der Waals surface area contributed by atoms with E-state index in [1.54, 1.807) is 6.92 Å². The lowest BCUT2D eigenvalue weighted by atomic mass is 10.0. The summed E-state index contributed by atoms with van der Waals surface area (Å²) in [7, 11) is -5.38. The number of fused-ring (bicyclic) bond motifs is 1. The SMILES string of the molecule is CCOC(=O)c1cc2c(-c3cc(N(CCS(=O)(=O)CC)[SH](=O)=O)ccc3Oc3ccc(F)cc3F)cn(C)c(=O)c2n1Cc1ccccc1. The minimum Gasteiger partial charge on any atom is -0.461 e. The summed E-state index contributed by atoms with van der Waals surface area (Å²) in [5.41, 5.74) is 1.03. The van der Waals surface area contributed by atoms with E-state index >= 15 is 0 Å². The van der Waals surface area contributed by atoms with E-state index in [9.17, 15) is 35.2 Å². The van der Waals surface area contributed by atoms with Gasteiger partial charge in [0.1, 0.15) is 22.8 Å². The van der Waals surface area contributed by atoms with Crippen LogP contribution in [0.5, 0.6) is 11.5 Å². The number of anilines is 1. The van der Waals surface area contributed by atoms with E-state index in [0.717, 1.165) is 22.0 Å². The molecule has 11 nitrogen and oxygen atoms in total. The molecule has 0 atom stereocenters. The molecule has 0 aliphatic heterocycles. The molecule has 0 aliphatic carbocycles. The van der Waals surface area contributed by atoms with Crippen molar-refractivity contribution in [2.45, 2.75) is 20.4 Å². The smallest absolute Gasteiger partial charge is 0.354 e. The summed E-state index contributed by atoms with van der Waals surface area (Å²) < 4.78 is 92.9. The van der Waals surface area contributed by atoms with Crippen molar-refractivity contribution in [1.29, 1.82) is 0 Å². The molecule has 0 unspecified atom stereocenters. The van der Waals surface area contributed by atoms with Crippen molar-refractivity contribution in [3.63, 3.8) is 0 Å². The van der Waals surface area contributed by atoms with Gasteiger partial charge >= 0.3 is 5.97 Å². The van der Waals surface area contributed by atoms with Crippen LogP contribution in [0.15, 0.2) is 83.8 Å². The van der Waals surface area contributed by atoms with Crippen molar-refractivity contribution >= 4 is 43.3 Å². The van der Waals surface area contributed by atoms with Crippen LogP contribution in [0.3, 0.4) is 0 Å². The maximum Gasteiger partial charge on any atom is 0.354 e. The summed E-state index contributed by atoms with van der Waals surface area (Å²) in [6.45, 7) is 2.91. The van der Waals surface area contributed by atoms with Gasteiger partial charge in [-0.25, -0.2) is 30.4 Å². The number of hydrogen-bond acceptors (Lipinski definition) is 8. The number of benzene rings is 3. The van der Waals surface area contributed by atoms with Gasteiger partial charge in [-0.1, -0.05) is 37.3 Å². The number of nitrogens with zero attached hydrogens (tertiary/aromatic N) is 3. The first kappa shape index (κ1) is 35.3. The van der Waals surface area contributed by atoms with E-state index in [2.05, 4.69) is 0 Å². The van der Waals surface area contributed by atoms with Crippen LogP contribution in [-0.4, -0.2) is 56.6 Å². The van der Waals surface area contributed by atoms with Crippen molar-refractivity contribution in [2.75, 3.05) is 29.0 Å². The summed E-state index contributed by atoms with van der Waals surface area (Å²) in [6, 6.07) is 17.5. The third-order valence-electron chi connectivity index (χ3n) is 7.82. The lowest BCUT2D eigenvalue weighted by Gasteiger charge is -2.21. The molecule has 2 heterocycles. The zero-order valence-corrected chi connectivity index (χ0v) is 28.5. The monoisotopic (exact) mass is 713 g/mol. The molecular weight excluding hydrogens is 681 g/mol. The molecule has 258 valence electrons. The average molecular weight is 714 g/mol. The first-order valence-corrected chi connectivity index (χ1v) is 18.1. The van der Waals surface area contributed by atoms with Crippen LogP contribution in [0.1, 0.15) is 29.9 Å². The number of esters is 1. The van der Waals surface area contributed by atoms with Gasteiger partial charge in [0, 0.05) is 54.7 Å². The summed E-state index contributed by atoms with van der Waals surface area (Å²) in [5.74, 6) is -3.51. The number of halogens is 2. The van der Waals surface area contributed by atoms with Crippen LogP contribution in [0.25, 0.3) is 22.0 Å². The molecule has 0 radical (unpaired) electrons. The van der Waals surface area contributed by atoms with Gasteiger partial charge < -0.3 is 18.6 Å². The van der Waals surface area contributed by atoms with E-state index in [0.29, 0.717) is 6.07 Å². The Balaban J connectivity index is 1.79. The quantitative estimate of drug-likeness (QED) is 0.132. The number of pyridine rings is 1. The third kappa shape index (κ3) is 7.67. The number of aromatic nitrogens is 2. The first-order valence-electron chi connectivity index (χ1n) is 15.2. The van der Waals surface area contributed by atoms with Crippen molar-refractivity contribution in [3.05, 3.63) is 112 Å². The molecule has 5 rings (SSSR count). The molecule has 0 aliphatic rings. The van der Waals surface area contributed by atoms with Gasteiger partial charge in [-0.2, -0.15) is 0 Å². The van der Waals surface area contributed by atoms with Gasteiger partial charge in [0.25, 0.3) is 5.56 Å². The Labute approximate surface area is 282 Å². The first-order chi connectivity index (χ1) is 23.3. The van der Waals surface area contributed by atoms with Crippen molar-refractivity contribution in [2.24, 2.45) is 7.05 Å².